The first kappa shape index (κ1) is 15.0. The van der Waals surface area contributed by atoms with E-state index in [9.17, 15) is 4.79 Å². The largest absolute Gasteiger partial charge is 0.334 e. The molecule has 0 radical (unpaired) electrons. The highest BCUT2D eigenvalue weighted by molar-refractivity contribution is 5.83. The number of aryl methyl sites for hydroxylation is 1. The molecule has 1 saturated carbocycles. The Morgan fingerprint density at radius 3 is 2.30 bits per heavy atom. The van der Waals surface area contributed by atoms with Gasteiger partial charge in [-0.1, -0.05) is 50.6 Å². The minimum absolute atomic E-state index is 0.0839. The average molecular weight is 274 g/mol. The molecule has 1 aliphatic rings. The van der Waals surface area contributed by atoms with Gasteiger partial charge in [0.2, 0.25) is 5.91 Å². The van der Waals surface area contributed by atoms with Gasteiger partial charge in [0.1, 0.15) is 0 Å². The second-order valence-electron chi connectivity index (χ2n) is 7.03. The van der Waals surface area contributed by atoms with Crippen molar-refractivity contribution in [3.8, 4) is 0 Å². The summed E-state index contributed by atoms with van der Waals surface area (Å²) in [5.41, 5.74) is 8.37. The summed E-state index contributed by atoms with van der Waals surface area (Å²) in [7, 11) is 0. The maximum Gasteiger partial charge on any atom is 0.240 e. The average Bonchev–Trinajstić information content (AvgIpc) is 3.19. The van der Waals surface area contributed by atoms with E-state index in [0.29, 0.717) is 12.6 Å². The van der Waals surface area contributed by atoms with Crippen molar-refractivity contribution in [2.45, 2.75) is 59.2 Å². The molecule has 1 aromatic carbocycles. The number of amides is 1. The van der Waals surface area contributed by atoms with Gasteiger partial charge in [-0.25, -0.2) is 0 Å². The second kappa shape index (κ2) is 5.57. The molecule has 0 bridgehead atoms. The number of rotatable bonds is 4. The van der Waals surface area contributed by atoms with Crippen molar-refractivity contribution in [1.82, 2.24) is 4.90 Å². The first-order chi connectivity index (χ1) is 9.29. The van der Waals surface area contributed by atoms with Gasteiger partial charge in [0.15, 0.2) is 0 Å². The van der Waals surface area contributed by atoms with E-state index < -0.39 is 6.04 Å². The van der Waals surface area contributed by atoms with E-state index in [1.54, 1.807) is 0 Å². The molecule has 0 aromatic heterocycles. The molecule has 1 aromatic rings. The van der Waals surface area contributed by atoms with Gasteiger partial charge in [-0.2, -0.15) is 0 Å². The number of hydrogen-bond donors (Lipinski definition) is 1. The van der Waals surface area contributed by atoms with Crippen LogP contribution in [0.1, 0.15) is 44.7 Å². The molecule has 1 amide bonds. The molecule has 1 unspecified atom stereocenters. The molecule has 2 rings (SSSR count). The number of nitrogens with zero attached hydrogens (tertiary/aromatic N) is 1. The molecule has 1 aliphatic carbocycles. The Morgan fingerprint density at radius 1 is 1.30 bits per heavy atom. The summed E-state index contributed by atoms with van der Waals surface area (Å²) in [6, 6.07) is 8.33. The van der Waals surface area contributed by atoms with Crippen LogP contribution in [0.5, 0.6) is 0 Å². The van der Waals surface area contributed by atoms with Crippen LogP contribution in [0.4, 0.5) is 0 Å². The normalized spacial score (nSPS) is 16.9. The fourth-order valence-corrected chi connectivity index (χ4v) is 2.21. The molecule has 3 heteroatoms. The third kappa shape index (κ3) is 3.60. The van der Waals surface area contributed by atoms with Crippen molar-refractivity contribution in [2.75, 3.05) is 0 Å². The summed E-state index contributed by atoms with van der Waals surface area (Å²) in [5.74, 6) is 0.0839. The van der Waals surface area contributed by atoms with E-state index in [4.69, 9.17) is 5.73 Å². The fraction of sp³-hybridized carbons (Fsp3) is 0.588. The molecule has 1 fully saturated rings. The van der Waals surface area contributed by atoms with Gasteiger partial charge in [0.05, 0.1) is 6.04 Å². The maximum atomic E-state index is 12.6. The molecule has 20 heavy (non-hydrogen) atoms. The van der Waals surface area contributed by atoms with E-state index >= 15 is 0 Å². The van der Waals surface area contributed by atoms with Crippen LogP contribution in [-0.4, -0.2) is 22.9 Å². The Hall–Kier alpha value is -1.35. The number of benzene rings is 1. The molecule has 1 atom stereocenters. The van der Waals surface area contributed by atoms with E-state index in [1.807, 2.05) is 25.7 Å². The van der Waals surface area contributed by atoms with E-state index in [1.165, 1.54) is 11.1 Å². The van der Waals surface area contributed by atoms with Gasteiger partial charge in [0, 0.05) is 12.6 Å². The monoisotopic (exact) mass is 274 g/mol. The number of nitrogens with two attached hydrogens (primary N) is 1. The molecule has 3 nitrogen and oxygen atoms in total. The Balaban J connectivity index is 2.11. The van der Waals surface area contributed by atoms with Gasteiger partial charge in [0.25, 0.3) is 0 Å². The lowest BCUT2D eigenvalue weighted by Crippen LogP contribution is -2.50. The molecule has 110 valence electrons. The van der Waals surface area contributed by atoms with Gasteiger partial charge >= 0.3 is 0 Å². The zero-order chi connectivity index (χ0) is 14.9. The van der Waals surface area contributed by atoms with E-state index in [0.717, 1.165) is 12.8 Å². The van der Waals surface area contributed by atoms with Crippen LogP contribution in [0.15, 0.2) is 24.3 Å². The van der Waals surface area contributed by atoms with Gasteiger partial charge in [-0.3, -0.25) is 4.79 Å². The van der Waals surface area contributed by atoms with Crippen molar-refractivity contribution in [3.05, 3.63) is 35.4 Å². The van der Waals surface area contributed by atoms with Gasteiger partial charge in [-0.15, -0.1) is 0 Å². The SMILES string of the molecule is Cc1ccc(CN(C(=O)C(N)C(C)(C)C)C2CC2)cc1. The van der Waals surface area contributed by atoms with Crippen LogP contribution in [0.25, 0.3) is 0 Å². The lowest BCUT2D eigenvalue weighted by molar-refractivity contribution is -0.136. The molecular formula is C17H26N2O. The molecular weight excluding hydrogens is 248 g/mol. The molecule has 0 saturated heterocycles. The summed E-state index contributed by atoms with van der Waals surface area (Å²) in [6.45, 7) is 8.81. The van der Waals surface area contributed by atoms with E-state index in [-0.39, 0.29) is 11.3 Å². The zero-order valence-electron chi connectivity index (χ0n) is 13.0. The predicted octanol–water partition coefficient (Wildman–Crippen LogP) is 2.86. The summed E-state index contributed by atoms with van der Waals surface area (Å²) in [4.78, 5) is 14.6. The Morgan fingerprint density at radius 2 is 1.85 bits per heavy atom. The Kier molecular flexibility index (Phi) is 4.19. The second-order valence-corrected chi connectivity index (χ2v) is 7.03. The minimum Gasteiger partial charge on any atom is -0.334 e. The lowest BCUT2D eigenvalue weighted by atomic mass is 9.86. The van der Waals surface area contributed by atoms with Crippen LogP contribution < -0.4 is 5.73 Å². The van der Waals surface area contributed by atoms with Crippen LogP contribution in [0, 0.1) is 12.3 Å². The predicted molar refractivity (Wildman–Crippen MR) is 82.2 cm³/mol. The summed E-state index contributed by atoms with van der Waals surface area (Å²) in [5, 5.41) is 0. The van der Waals surface area contributed by atoms with Crippen LogP contribution >= 0.6 is 0 Å². The highest BCUT2D eigenvalue weighted by atomic mass is 16.2. The van der Waals surface area contributed by atoms with Crippen LogP contribution in [-0.2, 0) is 11.3 Å². The topological polar surface area (TPSA) is 46.3 Å². The van der Waals surface area contributed by atoms with Crippen LogP contribution in [0.2, 0.25) is 0 Å². The summed E-state index contributed by atoms with van der Waals surface area (Å²) >= 11 is 0. The maximum absolute atomic E-state index is 12.6. The Labute approximate surface area is 122 Å². The Bertz CT molecular complexity index is 469. The molecule has 2 N–H and O–H groups in total. The van der Waals surface area contributed by atoms with Crippen molar-refractivity contribution in [1.29, 1.82) is 0 Å². The zero-order valence-corrected chi connectivity index (χ0v) is 13.0. The fourth-order valence-electron chi connectivity index (χ4n) is 2.21. The van der Waals surface area contributed by atoms with Crippen molar-refractivity contribution < 1.29 is 4.79 Å². The highest BCUT2D eigenvalue weighted by Crippen LogP contribution is 2.31. The molecule has 0 aliphatic heterocycles. The standard InChI is InChI=1S/C17H26N2O/c1-12-5-7-13(8-6-12)11-19(14-9-10-14)16(20)15(18)17(2,3)4/h5-8,14-15H,9-11,18H2,1-4H3. The van der Waals surface area contributed by atoms with Gasteiger partial charge < -0.3 is 10.6 Å². The molecule has 0 spiro atoms. The number of carbonyl (C=O) groups excluding carboxylic acids is 1. The van der Waals surface area contributed by atoms with Crippen molar-refractivity contribution >= 4 is 5.91 Å². The quantitative estimate of drug-likeness (QED) is 0.917. The van der Waals surface area contributed by atoms with Gasteiger partial charge in [-0.05, 0) is 30.7 Å². The minimum atomic E-state index is -0.437. The highest BCUT2D eigenvalue weighted by Gasteiger charge is 2.38. The van der Waals surface area contributed by atoms with E-state index in [2.05, 4.69) is 31.2 Å². The number of carbonyl (C=O) groups is 1. The van der Waals surface area contributed by atoms with Crippen molar-refractivity contribution in [2.24, 2.45) is 11.1 Å². The third-order valence-electron chi connectivity index (χ3n) is 3.94. The smallest absolute Gasteiger partial charge is 0.240 e. The molecule has 0 heterocycles. The van der Waals surface area contributed by atoms with Crippen molar-refractivity contribution in [3.63, 3.8) is 0 Å². The first-order valence-electron chi connectivity index (χ1n) is 7.40. The van der Waals surface area contributed by atoms with Crippen LogP contribution in [0.3, 0.4) is 0 Å². The third-order valence-corrected chi connectivity index (χ3v) is 3.94. The summed E-state index contributed by atoms with van der Waals surface area (Å²) in [6.07, 6.45) is 2.21. The number of hydrogen-bond acceptors (Lipinski definition) is 2. The summed E-state index contributed by atoms with van der Waals surface area (Å²) < 4.78 is 0. The lowest BCUT2D eigenvalue weighted by Gasteiger charge is -2.32. The first-order valence-corrected chi connectivity index (χ1v) is 7.40.